The monoisotopic (exact) mass is 331 g/mol. The first-order valence-corrected chi connectivity index (χ1v) is 8.99. The van der Waals surface area contributed by atoms with E-state index in [2.05, 4.69) is 30.9 Å². The van der Waals surface area contributed by atoms with Crippen molar-refractivity contribution >= 4 is 32.6 Å². The van der Waals surface area contributed by atoms with Gasteiger partial charge in [0.1, 0.15) is 0 Å². The summed E-state index contributed by atoms with van der Waals surface area (Å²) >= 11 is 1.76. The quantitative estimate of drug-likeness (QED) is 0.801. The number of aromatic nitrogens is 1. The molecule has 1 aromatic heterocycles. The summed E-state index contributed by atoms with van der Waals surface area (Å²) in [6.45, 7) is 13.5. The van der Waals surface area contributed by atoms with Gasteiger partial charge >= 0.3 is 0 Å². The summed E-state index contributed by atoms with van der Waals surface area (Å²) in [5.74, 6) is 0.243. The van der Waals surface area contributed by atoms with Gasteiger partial charge in [0.25, 0.3) is 0 Å². The summed E-state index contributed by atoms with van der Waals surface area (Å²) in [5, 5.41) is 1.08. The van der Waals surface area contributed by atoms with Crippen LogP contribution in [-0.4, -0.2) is 42.0 Å². The Hall–Kier alpha value is -1.62. The Morgan fingerprint density at radius 1 is 1.13 bits per heavy atom. The maximum absolute atomic E-state index is 12.4. The number of piperazine rings is 1. The van der Waals surface area contributed by atoms with E-state index < -0.39 is 0 Å². The van der Waals surface area contributed by atoms with Gasteiger partial charge in [0.2, 0.25) is 5.91 Å². The summed E-state index contributed by atoms with van der Waals surface area (Å²) in [7, 11) is 0. The van der Waals surface area contributed by atoms with Crippen molar-refractivity contribution in [1.82, 2.24) is 9.88 Å². The lowest BCUT2D eigenvalue weighted by molar-refractivity contribution is -0.139. The number of rotatable bonds is 1. The Kier molecular flexibility index (Phi) is 4.08. The molecule has 3 rings (SSSR count). The van der Waals surface area contributed by atoms with E-state index in [1.165, 1.54) is 15.8 Å². The number of thiazole rings is 1. The zero-order valence-corrected chi connectivity index (χ0v) is 15.5. The topological polar surface area (TPSA) is 36.4 Å². The number of aryl methyl sites for hydroxylation is 2. The van der Waals surface area contributed by atoms with Crippen LogP contribution in [0.25, 0.3) is 10.2 Å². The number of carbonyl (C=O) groups is 1. The fourth-order valence-corrected chi connectivity index (χ4v) is 4.26. The highest BCUT2D eigenvalue weighted by Crippen LogP contribution is 2.32. The van der Waals surface area contributed by atoms with Crippen LogP contribution in [-0.2, 0) is 4.79 Å². The zero-order chi connectivity index (χ0) is 16.8. The lowest BCUT2D eigenvalue weighted by Crippen LogP contribution is -2.51. The van der Waals surface area contributed by atoms with Crippen molar-refractivity contribution in [1.29, 1.82) is 0 Å². The summed E-state index contributed by atoms with van der Waals surface area (Å²) in [4.78, 5) is 21.5. The van der Waals surface area contributed by atoms with Crippen LogP contribution in [0.4, 0.5) is 5.13 Å². The molecule has 0 saturated carbocycles. The van der Waals surface area contributed by atoms with Gasteiger partial charge in [-0.05, 0) is 31.0 Å². The van der Waals surface area contributed by atoms with Crippen LogP contribution in [0.3, 0.4) is 0 Å². The fraction of sp³-hybridized carbons (Fsp3) is 0.556. The molecule has 1 fully saturated rings. The predicted molar refractivity (Wildman–Crippen MR) is 97.3 cm³/mol. The van der Waals surface area contributed by atoms with E-state index in [4.69, 9.17) is 4.98 Å². The summed E-state index contributed by atoms with van der Waals surface area (Å²) in [5.41, 5.74) is 3.34. The number of hydrogen-bond donors (Lipinski definition) is 0. The lowest BCUT2D eigenvalue weighted by atomic mass is 9.94. The van der Waals surface area contributed by atoms with Gasteiger partial charge in [-0.2, -0.15) is 0 Å². The second-order valence-electron chi connectivity index (χ2n) is 7.45. The van der Waals surface area contributed by atoms with Gasteiger partial charge in [-0.25, -0.2) is 4.98 Å². The van der Waals surface area contributed by atoms with Gasteiger partial charge in [0, 0.05) is 31.6 Å². The van der Waals surface area contributed by atoms with Crippen LogP contribution in [0.5, 0.6) is 0 Å². The van der Waals surface area contributed by atoms with Gasteiger partial charge < -0.3 is 9.80 Å². The molecule has 0 aliphatic carbocycles. The number of fused-ring (bicyclic) bond motifs is 1. The number of hydrogen-bond acceptors (Lipinski definition) is 4. The Morgan fingerprint density at radius 2 is 1.78 bits per heavy atom. The number of benzene rings is 1. The van der Waals surface area contributed by atoms with Gasteiger partial charge in [0.15, 0.2) is 5.13 Å². The average molecular weight is 331 g/mol. The minimum atomic E-state index is -0.299. The highest BCUT2D eigenvalue weighted by molar-refractivity contribution is 7.22. The molecule has 2 heterocycles. The number of amides is 1. The number of carbonyl (C=O) groups excluding carboxylic acids is 1. The fourth-order valence-electron chi connectivity index (χ4n) is 3.07. The maximum Gasteiger partial charge on any atom is 0.228 e. The second kappa shape index (κ2) is 5.78. The van der Waals surface area contributed by atoms with Crippen molar-refractivity contribution in [2.75, 3.05) is 31.1 Å². The molecule has 0 spiro atoms. The molecule has 0 radical (unpaired) electrons. The number of anilines is 1. The lowest BCUT2D eigenvalue weighted by Gasteiger charge is -2.37. The third-order valence-electron chi connectivity index (χ3n) is 4.30. The normalized spacial score (nSPS) is 16.2. The van der Waals surface area contributed by atoms with E-state index in [9.17, 15) is 4.79 Å². The third kappa shape index (κ3) is 3.20. The van der Waals surface area contributed by atoms with E-state index >= 15 is 0 Å². The highest BCUT2D eigenvalue weighted by atomic mass is 32.1. The van der Waals surface area contributed by atoms with Crippen LogP contribution < -0.4 is 4.90 Å². The standard InChI is InChI=1S/C18H25N3OS/c1-12-10-13(2)15-14(11-12)23-17(19-15)21-8-6-20(7-9-21)16(22)18(3,4)5/h10-11H,6-9H2,1-5H3. The molecule has 2 aromatic rings. The molecule has 5 heteroatoms. The van der Waals surface area contributed by atoms with Crippen LogP contribution in [0.2, 0.25) is 0 Å². The Bertz CT molecular complexity index is 737. The third-order valence-corrected chi connectivity index (χ3v) is 5.36. The Balaban J connectivity index is 1.75. The van der Waals surface area contributed by atoms with E-state index in [1.54, 1.807) is 11.3 Å². The molecule has 1 saturated heterocycles. The summed E-state index contributed by atoms with van der Waals surface area (Å²) in [6.07, 6.45) is 0. The van der Waals surface area contributed by atoms with Crippen LogP contribution >= 0.6 is 11.3 Å². The van der Waals surface area contributed by atoms with E-state index in [-0.39, 0.29) is 11.3 Å². The van der Waals surface area contributed by atoms with Crippen LogP contribution in [0.1, 0.15) is 31.9 Å². The Labute approximate surface area is 142 Å². The van der Waals surface area contributed by atoms with Gasteiger partial charge in [-0.1, -0.05) is 38.2 Å². The molecule has 0 N–H and O–H groups in total. The first kappa shape index (κ1) is 16.2. The Morgan fingerprint density at radius 3 is 2.39 bits per heavy atom. The molecule has 1 aliphatic heterocycles. The maximum atomic E-state index is 12.4. The molecular weight excluding hydrogens is 306 g/mol. The minimum Gasteiger partial charge on any atom is -0.345 e. The average Bonchev–Trinajstić information content (AvgIpc) is 2.90. The SMILES string of the molecule is Cc1cc(C)c2nc(N3CCN(C(=O)C(C)(C)C)CC3)sc2c1. The van der Waals surface area contributed by atoms with Gasteiger partial charge in [0.05, 0.1) is 10.2 Å². The molecule has 1 aromatic carbocycles. The minimum absolute atomic E-state index is 0.243. The first-order valence-electron chi connectivity index (χ1n) is 8.18. The molecule has 4 nitrogen and oxygen atoms in total. The van der Waals surface area contributed by atoms with Crippen molar-refractivity contribution in [3.63, 3.8) is 0 Å². The molecule has 124 valence electrons. The van der Waals surface area contributed by atoms with E-state index in [0.29, 0.717) is 0 Å². The molecule has 0 atom stereocenters. The number of nitrogens with zero attached hydrogens (tertiary/aromatic N) is 3. The van der Waals surface area contributed by atoms with Gasteiger partial charge in [-0.15, -0.1) is 0 Å². The van der Waals surface area contributed by atoms with E-state index in [0.717, 1.165) is 36.8 Å². The van der Waals surface area contributed by atoms with Crippen molar-refractivity contribution < 1.29 is 4.79 Å². The summed E-state index contributed by atoms with van der Waals surface area (Å²) < 4.78 is 1.26. The molecule has 0 bridgehead atoms. The smallest absolute Gasteiger partial charge is 0.228 e. The molecule has 0 unspecified atom stereocenters. The zero-order valence-electron chi connectivity index (χ0n) is 14.6. The van der Waals surface area contributed by atoms with Crippen LogP contribution in [0, 0.1) is 19.3 Å². The molecule has 1 aliphatic rings. The molecule has 23 heavy (non-hydrogen) atoms. The van der Waals surface area contributed by atoms with Crippen molar-refractivity contribution in [3.05, 3.63) is 23.3 Å². The molecule has 1 amide bonds. The first-order chi connectivity index (χ1) is 10.8. The van der Waals surface area contributed by atoms with Crippen molar-refractivity contribution in [3.8, 4) is 0 Å². The largest absolute Gasteiger partial charge is 0.345 e. The predicted octanol–water partition coefficient (Wildman–Crippen LogP) is 3.61. The van der Waals surface area contributed by atoms with Crippen molar-refractivity contribution in [2.24, 2.45) is 5.41 Å². The van der Waals surface area contributed by atoms with E-state index in [1.807, 2.05) is 25.7 Å². The summed E-state index contributed by atoms with van der Waals surface area (Å²) in [6, 6.07) is 4.40. The van der Waals surface area contributed by atoms with Crippen molar-refractivity contribution in [2.45, 2.75) is 34.6 Å². The highest BCUT2D eigenvalue weighted by Gasteiger charge is 2.30. The van der Waals surface area contributed by atoms with Gasteiger partial charge in [-0.3, -0.25) is 4.79 Å². The van der Waals surface area contributed by atoms with Crippen LogP contribution in [0.15, 0.2) is 12.1 Å². The molecular formula is C18H25N3OS. The second-order valence-corrected chi connectivity index (χ2v) is 8.46.